The lowest BCUT2D eigenvalue weighted by atomic mass is 10.1. The molecule has 0 radical (unpaired) electrons. The van der Waals surface area contributed by atoms with Crippen LogP contribution in [0.1, 0.15) is 37.0 Å². The van der Waals surface area contributed by atoms with E-state index in [2.05, 4.69) is 22.3 Å². The Kier molecular flexibility index (Phi) is 6.07. The lowest BCUT2D eigenvalue weighted by Gasteiger charge is -2.14. The van der Waals surface area contributed by atoms with E-state index in [0.717, 1.165) is 17.9 Å². The Morgan fingerprint density at radius 2 is 1.88 bits per heavy atom. The number of likely N-dealkylation sites (tertiary alicyclic amines) is 1. The maximum atomic E-state index is 12.0. The second-order valence-corrected chi connectivity index (χ2v) is 6.48. The summed E-state index contributed by atoms with van der Waals surface area (Å²) in [5.41, 5.74) is 2.20. The summed E-state index contributed by atoms with van der Waals surface area (Å²) in [4.78, 5) is 14.5. The molecule has 1 N–H and O–H groups in total. The Morgan fingerprint density at radius 3 is 2.58 bits per heavy atom. The summed E-state index contributed by atoms with van der Waals surface area (Å²) in [6.45, 7) is 3.73. The topological polar surface area (TPSA) is 45.5 Å². The molecule has 1 aromatic heterocycles. The van der Waals surface area contributed by atoms with Gasteiger partial charge in [0.25, 0.3) is 0 Å². The van der Waals surface area contributed by atoms with Gasteiger partial charge in [0, 0.05) is 18.5 Å². The lowest BCUT2D eigenvalue weighted by Crippen LogP contribution is -2.20. The Balaban J connectivity index is 1.38. The minimum Gasteiger partial charge on any atom is -0.469 e. The van der Waals surface area contributed by atoms with Gasteiger partial charge in [0.1, 0.15) is 5.76 Å². The van der Waals surface area contributed by atoms with Gasteiger partial charge in [-0.3, -0.25) is 4.79 Å². The summed E-state index contributed by atoms with van der Waals surface area (Å²) in [7, 11) is 0. The Morgan fingerprint density at radius 1 is 1.08 bits per heavy atom. The van der Waals surface area contributed by atoms with Gasteiger partial charge in [-0.05, 0) is 75.1 Å². The van der Waals surface area contributed by atoms with E-state index < -0.39 is 0 Å². The predicted molar refractivity (Wildman–Crippen MR) is 96.1 cm³/mol. The molecule has 1 saturated heterocycles. The summed E-state index contributed by atoms with van der Waals surface area (Å²) >= 11 is 0. The van der Waals surface area contributed by atoms with E-state index in [9.17, 15) is 4.79 Å². The van der Waals surface area contributed by atoms with Crippen LogP contribution in [0, 0.1) is 0 Å². The van der Waals surface area contributed by atoms with Gasteiger partial charge in [0.15, 0.2) is 0 Å². The molecule has 0 saturated carbocycles. The molecule has 0 unspecified atom stereocenters. The van der Waals surface area contributed by atoms with Crippen LogP contribution in [0.15, 0.2) is 47.1 Å². The van der Waals surface area contributed by atoms with Gasteiger partial charge in [-0.2, -0.15) is 0 Å². The van der Waals surface area contributed by atoms with Crippen molar-refractivity contribution in [2.24, 2.45) is 0 Å². The smallest absolute Gasteiger partial charge is 0.224 e. The van der Waals surface area contributed by atoms with Crippen LogP contribution in [-0.2, 0) is 17.6 Å². The van der Waals surface area contributed by atoms with Crippen molar-refractivity contribution in [3.8, 4) is 0 Å². The van der Waals surface area contributed by atoms with Crippen molar-refractivity contribution in [2.45, 2.75) is 38.5 Å². The molecule has 4 nitrogen and oxygen atoms in total. The van der Waals surface area contributed by atoms with Crippen molar-refractivity contribution < 1.29 is 9.21 Å². The highest BCUT2D eigenvalue weighted by Gasteiger charge is 2.10. The summed E-state index contributed by atoms with van der Waals surface area (Å²) in [5.74, 6) is 0.867. The van der Waals surface area contributed by atoms with Gasteiger partial charge in [-0.15, -0.1) is 0 Å². The highest BCUT2D eigenvalue weighted by Crippen LogP contribution is 2.14. The zero-order chi connectivity index (χ0) is 16.6. The highest BCUT2D eigenvalue weighted by molar-refractivity contribution is 5.90. The molecule has 2 aromatic rings. The van der Waals surface area contributed by atoms with Crippen LogP contribution >= 0.6 is 0 Å². The van der Waals surface area contributed by atoms with E-state index in [4.69, 9.17) is 4.42 Å². The van der Waals surface area contributed by atoms with E-state index in [0.29, 0.717) is 12.8 Å². The number of amides is 1. The fraction of sp³-hybridized carbons (Fsp3) is 0.450. The standard InChI is InChI=1S/C20H26N2O2/c23-20(12-11-19-6-4-16-24-19)21-18-9-7-17(8-10-18)5-3-15-22-13-1-2-14-22/h4,6-10,16H,1-3,5,11-15H2,(H,21,23). The van der Waals surface area contributed by atoms with Crippen molar-refractivity contribution >= 4 is 11.6 Å². The molecule has 4 heteroatoms. The number of anilines is 1. The molecule has 0 aliphatic carbocycles. The van der Waals surface area contributed by atoms with E-state index in [1.807, 2.05) is 24.3 Å². The van der Waals surface area contributed by atoms with Crippen LogP contribution in [0.2, 0.25) is 0 Å². The maximum absolute atomic E-state index is 12.0. The average molecular weight is 326 g/mol. The molecule has 3 rings (SSSR count). The third kappa shape index (κ3) is 5.24. The van der Waals surface area contributed by atoms with Crippen LogP contribution in [0.25, 0.3) is 0 Å². The molecule has 1 aromatic carbocycles. The Bertz CT molecular complexity index is 614. The molecule has 1 fully saturated rings. The number of furan rings is 1. The molecule has 128 valence electrons. The number of carbonyl (C=O) groups excluding carboxylic acids is 1. The molecule has 0 bridgehead atoms. The van der Waals surface area contributed by atoms with Crippen LogP contribution in [0.4, 0.5) is 5.69 Å². The number of benzene rings is 1. The van der Waals surface area contributed by atoms with Crippen LogP contribution in [0.3, 0.4) is 0 Å². The molecule has 1 aliphatic rings. The predicted octanol–water partition coefficient (Wildman–Crippen LogP) is 3.88. The Hall–Kier alpha value is -2.07. The average Bonchev–Trinajstić information content (AvgIpc) is 3.28. The van der Waals surface area contributed by atoms with Crippen LogP contribution in [0.5, 0.6) is 0 Å². The normalized spacial score (nSPS) is 14.8. The second-order valence-electron chi connectivity index (χ2n) is 6.48. The van der Waals surface area contributed by atoms with Crippen molar-refractivity contribution in [3.05, 3.63) is 54.0 Å². The molecular formula is C20H26N2O2. The second kappa shape index (κ2) is 8.69. The number of hydrogen-bond acceptors (Lipinski definition) is 3. The minimum atomic E-state index is 0.0215. The lowest BCUT2D eigenvalue weighted by molar-refractivity contribution is -0.116. The summed E-state index contributed by atoms with van der Waals surface area (Å²) < 4.78 is 5.24. The molecule has 0 atom stereocenters. The van der Waals surface area contributed by atoms with Gasteiger partial charge >= 0.3 is 0 Å². The van der Waals surface area contributed by atoms with E-state index in [-0.39, 0.29) is 5.91 Å². The number of aryl methyl sites for hydroxylation is 2. The summed E-state index contributed by atoms with van der Waals surface area (Å²) in [6.07, 6.45) is 7.72. The monoisotopic (exact) mass is 326 g/mol. The van der Waals surface area contributed by atoms with E-state index in [1.54, 1.807) is 6.26 Å². The molecule has 0 spiro atoms. The largest absolute Gasteiger partial charge is 0.469 e. The summed E-state index contributed by atoms with van der Waals surface area (Å²) in [6, 6.07) is 12.0. The van der Waals surface area contributed by atoms with Crippen LogP contribution in [-0.4, -0.2) is 30.4 Å². The molecule has 1 amide bonds. The van der Waals surface area contributed by atoms with Gasteiger partial charge in [0.2, 0.25) is 5.91 Å². The number of carbonyl (C=O) groups is 1. The zero-order valence-corrected chi connectivity index (χ0v) is 14.2. The molecule has 24 heavy (non-hydrogen) atoms. The Labute approximate surface area is 143 Å². The fourth-order valence-electron chi connectivity index (χ4n) is 3.18. The third-order valence-electron chi connectivity index (χ3n) is 4.55. The van der Waals surface area contributed by atoms with Gasteiger partial charge in [0.05, 0.1) is 6.26 Å². The van der Waals surface area contributed by atoms with Gasteiger partial charge in [-0.1, -0.05) is 12.1 Å². The van der Waals surface area contributed by atoms with E-state index in [1.165, 1.54) is 44.5 Å². The number of hydrogen-bond donors (Lipinski definition) is 1. The molecular weight excluding hydrogens is 300 g/mol. The fourth-order valence-corrected chi connectivity index (χ4v) is 3.18. The van der Waals surface area contributed by atoms with Gasteiger partial charge in [-0.25, -0.2) is 0 Å². The minimum absolute atomic E-state index is 0.0215. The first kappa shape index (κ1) is 16.8. The first-order valence-corrected chi connectivity index (χ1v) is 8.93. The number of rotatable bonds is 8. The number of nitrogens with one attached hydrogen (secondary N) is 1. The third-order valence-corrected chi connectivity index (χ3v) is 4.55. The quantitative estimate of drug-likeness (QED) is 0.801. The maximum Gasteiger partial charge on any atom is 0.224 e. The van der Waals surface area contributed by atoms with Crippen molar-refractivity contribution in [3.63, 3.8) is 0 Å². The molecule has 2 heterocycles. The first-order chi connectivity index (χ1) is 11.8. The SMILES string of the molecule is O=C(CCc1ccco1)Nc1ccc(CCCN2CCCC2)cc1. The summed E-state index contributed by atoms with van der Waals surface area (Å²) in [5, 5.41) is 2.94. The van der Waals surface area contributed by atoms with E-state index >= 15 is 0 Å². The van der Waals surface area contributed by atoms with Crippen molar-refractivity contribution in [1.82, 2.24) is 4.90 Å². The van der Waals surface area contributed by atoms with Crippen molar-refractivity contribution in [1.29, 1.82) is 0 Å². The van der Waals surface area contributed by atoms with Crippen LogP contribution < -0.4 is 5.32 Å². The van der Waals surface area contributed by atoms with Crippen molar-refractivity contribution in [2.75, 3.05) is 25.0 Å². The number of nitrogens with zero attached hydrogens (tertiary/aromatic N) is 1. The highest BCUT2D eigenvalue weighted by atomic mass is 16.3. The molecule has 1 aliphatic heterocycles. The zero-order valence-electron chi connectivity index (χ0n) is 14.2. The van der Waals surface area contributed by atoms with Gasteiger partial charge < -0.3 is 14.6 Å². The first-order valence-electron chi connectivity index (χ1n) is 8.93.